The third kappa shape index (κ3) is 3.36. The van der Waals surface area contributed by atoms with Crippen molar-refractivity contribution in [1.82, 2.24) is 15.2 Å². The van der Waals surface area contributed by atoms with Crippen molar-refractivity contribution in [3.05, 3.63) is 46.8 Å². The zero-order chi connectivity index (χ0) is 17.2. The molecule has 1 N–H and O–H groups in total. The van der Waals surface area contributed by atoms with Crippen LogP contribution in [0.15, 0.2) is 50.6 Å². The summed E-state index contributed by atoms with van der Waals surface area (Å²) in [5, 5.41) is 12.6. The van der Waals surface area contributed by atoms with Crippen molar-refractivity contribution in [1.29, 1.82) is 0 Å². The summed E-state index contributed by atoms with van der Waals surface area (Å²) in [4.78, 5) is 4.57. The maximum atomic E-state index is 6.11. The quantitative estimate of drug-likeness (QED) is 0.603. The van der Waals surface area contributed by atoms with Gasteiger partial charge in [-0.05, 0) is 40.5 Å². The lowest BCUT2D eigenvalue weighted by molar-refractivity contribution is 0.194. The number of benzene rings is 1. The smallest absolute Gasteiger partial charge is 0.247 e. The lowest BCUT2D eigenvalue weighted by atomic mass is 10.1. The van der Waals surface area contributed by atoms with Crippen molar-refractivity contribution in [3.63, 3.8) is 0 Å². The predicted molar refractivity (Wildman–Crippen MR) is 99.7 cm³/mol. The molecule has 6 nitrogen and oxygen atoms in total. The Kier molecular flexibility index (Phi) is 4.63. The topological polar surface area (TPSA) is 73.1 Å². The molecule has 1 aliphatic rings. The summed E-state index contributed by atoms with van der Waals surface area (Å²) in [6, 6.07) is 11.5. The molecule has 8 heteroatoms. The number of aromatic nitrogens is 3. The molecule has 0 fully saturated rings. The number of thioether (sulfide) groups is 1. The number of nitrogens with one attached hydrogen (secondary N) is 1. The molecule has 25 heavy (non-hydrogen) atoms. The minimum absolute atomic E-state index is 0.448. The van der Waals surface area contributed by atoms with Gasteiger partial charge in [-0.25, -0.2) is 0 Å². The average Bonchev–Trinajstić information content (AvgIpc) is 2.99. The van der Waals surface area contributed by atoms with Crippen LogP contribution in [0, 0.1) is 0 Å². The molecule has 0 spiro atoms. The fourth-order valence-electron chi connectivity index (χ4n) is 2.50. The maximum absolute atomic E-state index is 6.11. The van der Waals surface area contributed by atoms with Gasteiger partial charge in [-0.15, -0.1) is 10.2 Å². The zero-order valence-electron chi connectivity index (χ0n) is 13.4. The molecule has 128 valence electrons. The minimum atomic E-state index is -0.505. The summed E-state index contributed by atoms with van der Waals surface area (Å²) in [5.41, 5.74) is 2.42. The fourth-order valence-corrected chi connectivity index (χ4v) is 3.45. The number of halogens is 1. The van der Waals surface area contributed by atoms with Crippen LogP contribution in [-0.2, 0) is 0 Å². The van der Waals surface area contributed by atoms with E-state index in [4.69, 9.17) is 9.15 Å². The van der Waals surface area contributed by atoms with Crippen LogP contribution in [-0.4, -0.2) is 20.9 Å². The number of fused-ring (bicyclic) bond motifs is 3. The largest absolute Gasteiger partial charge is 0.448 e. The van der Waals surface area contributed by atoms with Gasteiger partial charge in [0.1, 0.15) is 0 Å². The Bertz CT molecular complexity index is 902. The van der Waals surface area contributed by atoms with Crippen LogP contribution in [0.3, 0.4) is 0 Å². The van der Waals surface area contributed by atoms with E-state index >= 15 is 0 Å². The van der Waals surface area contributed by atoms with Gasteiger partial charge in [-0.2, -0.15) is 4.98 Å². The van der Waals surface area contributed by atoms with Gasteiger partial charge >= 0.3 is 0 Å². The Labute approximate surface area is 157 Å². The standard InChI is InChI=1S/C17H15BrN4O2S/c1-2-9-25-17-20-16-14(21-22-17)10-5-3-4-6-11(10)19-15(24-16)12-7-8-13(18)23-12/h3-8,15,19H,2,9H2,1H3/t15-/m1/s1. The van der Waals surface area contributed by atoms with E-state index < -0.39 is 6.23 Å². The highest BCUT2D eigenvalue weighted by atomic mass is 79.9. The van der Waals surface area contributed by atoms with Gasteiger partial charge in [0.15, 0.2) is 16.1 Å². The van der Waals surface area contributed by atoms with Gasteiger partial charge in [0, 0.05) is 17.0 Å². The molecule has 0 radical (unpaired) electrons. The van der Waals surface area contributed by atoms with E-state index in [2.05, 4.69) is 43.4 Å². The molecule has 3 heterocycles. The van der Waals surface area contributed by atoms with Gasteiger partial charge in [0.05, 0.1) is 0 Å². The molecule has 0 saturated heterocycles. The molecular formula is C17H15BrN4O2S. The van der Waals surface area contributed by atoms with Crippen molar-refractivity contribution >= 4 is 33.4 Å². The Morgan fingerprint density at radius 2 is 2.08 bits per heavy atom. The fraction of sp³-hybridized carbons (Fsp3) is 0.235. The Morgan fingerprint density at radius 1 is 1.20 bits per heavy atom. The molecule has 3 aromatic rings. The van der Waals surface area contributed by atoms with E-state index in [0.717, 1.165) is 23.4 Å². The van der Waals surface area contributed by atoms with Gasteiger partial charge in [0.2, 0.25) is 17.3 Å². The lowest BCUT2D eigenvalue weighted by Crippen LogP contribution is -2.16. The van der Waals surface area contributed by atoms with Crippen LogP contribution in [0.2, 0.25) is 0 Å². The van der Waals surface area contributed by atoms with Gasteiger partial charge in [-0.1, -0.05) is 36.9 Å². The second kappa shape index (κ2) is 7.05. The number of ether oxygens (including phenoxy) is 1. The second-order valence-electron chi connectivity index (χ2n) is 5.43. The van der Waals surface area contributed by atoms with Crippen molar-refractivity contribution < 1.29 is 9.15 Å². The summed E-state index contributed by atoms with van der Waals surface area (Å²) in [6.45, 7) is 2.12. The summed E-state index contributed by atoms with van der Waals surface area (Å²) in [5.74, 6) is 2.03. The summed E-state index contributed by atoms with van der Waals surface area (Å²) >= 11 is 4.90. The molecule has 1 aliphatic heterocycles. The van der Waals surface area contributed by atoms with Crippen LogP contribution >= 0.6 is 27.7 Å². The summed E-state index contributed by atoms with van der Waals surface area (Å²) < 4.78 is 12.4. The van der Waals surface area contributed by atoms with E-state index in [1.54, 1.807) is 11.8 Å². The van der Waals surface area contributed by atoms with E-state index in [0.29, 0.717) is 27.2 Å². The molecule has 0 unspecified atom stereocenters. The second-order valence-corrected chi connectivity index (χ2v) is 7.27. The van der Waals surface area contributed by atoms with Gasteiger partial charge in [-0.3, -0.25) is 0 Å². The highest BCUT2D eigenvalue weighted by molar-refractivity contribution is 9.10. The minimum Gasteiger partial charge on any atom is -0.448 e. The molecule has 4 rings (SSSR count). The third-order valence-electron chi connectivity index (χ3n) is 3.62. The number of hydrogen-bond donors (Lipinski definition) is 1. The Balaban J connectivity index is 1.79. The molecular weight excluding hydrogens is 404 g/mol. The number of rotatable bonds is 4. The van der Waals surface area contributed by atoms with Crippen LogP contribution in [0.5, 0.6) is 5.88 Å². The van der Waals surface area contributed by atoms with Gasteiger partial charge < -0.3 is 14.5 Å². The van der Waals surface area contributed by atoms with Crippen molar-refractivity contribution in [3.8, 4) is 17.1 Å². The van der Waals surface area contributed by atoms with E-state index in [-0.39, 0.29) is 0 Å². The van der Waals surface area contributed by atoms with E-state index in [1.165, 1.54) is 0 Å². The predicted octanol–water partition coefficient (Wildman–Crippen LogP) is 4.90. The van der Waals surface area contributed by atoms with Gasteiger partial charge in [0.25, 0.3) is 0 Å². The Hall–Kier alpha value is -2.06. The lowest BCUT2D eigenvalue weighted by Gasteiger charge is -2.16. The van der Waals surface area contributed by atoms with E-state index in [1.807, 2.05) is 36.4 Å². The number of furan rings is 1. The highest BCUT2D eigenvalue weighted by Crippen LogP contribution is 2.39. The molecule has 0 bridgehead atoms. The first-order chi connectivity index (χ1) is 12.2. The third-order valence-corrected chi connectivity index (χ3v) is 5.09. The van der Waals surface area contributed by atoms with Crippen molar-refractivity contribution in [2.45, 2.75) is 24.7 Å². The molecule has 0 saturated carbocycles. The molecule has 0 amide bonds. The SMILES string of the molecule is CCCSc1nnc2c(n1)O[C@H](c1ccc(Br)o1)Nc1ccccc1-2. The maximum Gasteiger partial charge on any atom is 0.247 e. The van der Waals surface area contributed by atoms with E-state index in [9.17, 15) is 0 Å². The van der Waals surface area contributed by atoms with Crippen LogP contribution in [0.4, 0.5) is 5.69 Å². The summed E-state index contributed by atoms with van der Waals surface area (Å²) in [7, 11) is 0. The first-order valence-electron chi connectivity index (χ1n) is 7.90. The molecule has 0 aliphatic carbocycles. The molecule has 2 aromatic heterocycles. The monoisotopic (exact) mass is 418 g/mol. The highest BCUT2D eigenvalue weighted by Gasteiger charge is 2.27. The van der Waals surface area contributed by atoms with Crippen molar-refractivity contribution in [2.75, 3.05) is 11.1 Å². The first kappa shape index (κ1) is 16.4. The number of anilines is 1. The average molecular weight is 419 g/mol. The summed E-state index contributed by atoms with van der Waals surface area (Å²) in [6.07, 6.45) is 0.536. The molecule has 1 atom stereocenters. The number of hydrogen-bond acceptors (Lipinski definition) is 7. The number of para-hydroxylation sites is 1. The normalized spacial score (nSPS) is 15.5. The first-order valence-corrected chi connectivity index (χ1v) is 9.68. The van der Waals surface area contributed by atoms with Crippen LogP contribution in [0.25, 0.3) is 11.3 Å². The Morgan fingerprint density at radius 3 is 2.88 bits per heavy atom. The van der Waals surface area contributed by atoms with Crippen LogP contribution in [0.1, 0.15) is 25.3 Å². The number of nitrogens with zero attached hydrogens (tertiary/aromatic N) is 3. The van der Waals surface area contributed by atoms with Crippen LogP contribution < -0.4 is 10.1 Å². The molecule has 1 aromatic carbocycles. The van der Waals surface area contributed by atoms with Crippen molar-refractivity contribution in [2.24, 2.45) is 0 Å². The zero-order valence-corrected chi connectivity index (χ0v) is 15.8.